The Labute approximate surface area is 69.2 Å². The van der Waals surface area contributed by atoms with Gasteiger partial charge < -0.3 is 5.11 Å². The van der Waals surface area contributed by atoms with Crippen LogP contribution in [0.5, 0.6) is 0 Å². The van der Waals surface area contributed by atoms with Gasteiger partial charge in [-0.25, -0.2) is 8.78 Å². The van der Waals surface area contributed by atoms with Crippen molar-refractivity contribution in [3.8, 4) is 0 Å². The van der Waals surface area contributed by atoms with E-state index in [9.17, 15) is 8.78 Å². The zero-order valence-electron chi connectivity index (χ0n) is 6.55. The molecule has 0 saturated carbocycles. The van der Waals surface area contributed by atoms with E-state index in [2.05, 4.69) is 0 Å². The molecule has 1 aliphatic heterocycles. The molecule has 0 bridgehead atoms. The number of rotatable bonds is 1. The Kier molecular flexibility index (Phi) is 2.44. The first-order valence-corrected chi connectivity index (χ1v) is 4.65. The summed E-state index contributed by atoms with van der Waals surface area (Å²) in [5.74, 6) is -3.60. The number of thioether (sulfide) groups is 1. The molecule has 0 aromatic carbocycles. The van der Waals surface area contributed by atoms with E-state index in [1.54, 1.807) is 0 Å². The number of aliphatic hydroxyl groups is 1. The van der Waals surface area contributed by atoms with Crippen molar-refractivity contribution in [2.24, 2.45) is 5.92 Å². The average Bonchev–Trinajstić information content (AvgIpc) is 2.14. The summed E-state index contributed by atoms with van der Waals surface area (Å²) in [6, 6.07) is 0. The Morgan fingerprint density at radius 2 is 2.09 bits per heavy atom. The van der Waals surface area contributed by atoms with Gasteiger partial charge in [0, 0.05) is 11.2 Å². The lowest BCUT2D eigenvalue weighted by molar-refractivity contribution is -0.0965. The molecule has 4 heteroatoms. The molecule has 11 heavy (non-hydrogen) atoms. The van der Waals surface area contributed by atoms with Gasteiger partial charge >= 0.3 is 0 Å². The normalized spacial score (nSPS) is 42.8. The third-order valence-corrected chi connectivity index (χ3v) is 3.86. The third kappa shape index (κ3) is 1.38. The number of halogens is 2. The number of alkyl halides is 2. The molecule has 0 aromatic rings. The Morgan fingerprint density at radius 3 is 2.27 bits per heavy atom. The summed E-state index contributed by atoms with van der Waals surface area (Å²) in [5, 5.41) is 8.84. The van der Waals surface area contributed by atoms with Crippen LogP contribution >= 0.6 is 11.8 Å². The molecule has 0 radical (unpaired) electrons. The van der Waals surface area contributed by atoms with Crippen LogP contribution in [0.2, 0.25) is 0 Å². The van der Waals surface area contributed by atoms with Crippen molar-refractivity contribution in [3.05, 3.63) is 0 Å². The minimum atomic E-state index is -2.90. The fraction of sp³-hybridized carbons (Fsp3) is 1.00. The molecule has 0 amide bonds. The first kappa shape index (κ1) is 9.26. The van der Waals surface area contributed by atoms with Crippen molar-refractivity contribution in [1.82, 2.24) is 0 Å². The van der Waals surface area contributed by atoms with Gasteiger partial charge in [-0.2, -0.15) is 0 Å². The van der Waals surface area contributed by atoms with Crippen molar-refractivity contribution >= 4 is 11.8 Å². The van der Waals surface area contributed by atoms with Crippen molar-refractivity contribution in [2.75, 3.05) is 0 Å². The number of hydrogen-bond donors (Lipinski definition) is 1. The van der Waals surface area contributed by atoms with Crippen LogP contribution in [0, 0.1) is 5.92 Å². The highest BCUT2D eigenvalue weighted by atomic mass is 32.2. The van der Waals surface area contributed by atoms with Crippen LogP contribution in [0.1, 0.15) is 20.3 Å². The Hall–Kier alpha value is 0.170. The van der Waals surface area contributed by atoms with E-state index < -0.39 is 17.3 Å². The van der Waals surface area contributed by atoms with E-state index in [-0.39, 0.29) is 5.25 Å². The lowest BCUT2D eigenvalue weighted by atomic mass is 9.99. The largest absolute Gasteiger partial charge is 0.376 e. The highest BCUT2D eigenvalue weighted by Crippen LogP contribution is 2.48. The summed E-state index contributed by atoms with van der Waals surface area (Å²) >= 11 is 0.986. The second kappa shape index (κ2) is 2.90. The lowest BCUT2D eigenvalue weighted by Crippen LogP contribution is -2.32. The Bertz CT molecular complexity index is 151. The summed E-state index contributed by atoms with van der Waals surface area (Å²) < 4.78 is 25.8. The monoisotopic (exact) mass is 182 g/mol. The van der Waals surface area contributed by atoms with Crippen molar-refractivity contribution in [1.29, 1.82) is 0 Å². The van der Waals surface area contributed by atoms with Crippen LogP contribution in [0.4, 0.5) is 8.78 Å². The molecule has 1 rings (SSSR count). The quantitative estimate of drug-likeness (QED) is 0.670. The highest BCUT2D eigenvalue weighted by molar-refractivity contribution is 8.00. The lowest BCUT2D eigenvalue weighted by Gasteiger charge is -2.18. The molecule has 66 valence electrons. The fourth-order valence-electron chi connectivity index (χ4n) is 1.30. The molecule has 1 aliphatic rings. The predicted molar refractivity (Wildman–Crippen MR) is 41.8 cm³/mol. The second-order valence-corrected chi connectivity index (χ2v) is 4.22. The van der Waals surface area contributed by atoms with E-state index in [4.69, 9.17) is 5.11 Å². The molecule has 0 aliphatic carbocycles. The number of hydrogen-bond acceptors (Lipinski definition) is 2. The van der Waals surface area contributed by atoms with Crippen LogP contribution in [0.25, 0.3) is 0 Å². The molecule has 3 atom stereocenters. The second-order valence-electron chi connectivity index (χ2n) is 2.90. The zero-order valence-corrected chi connectivity index (χ0v) is 7.37. The van der Waals surface area contributed by atoms with Gasteiger partial charge in [0.15, 0.2) is 5.44 Å². The Morgan fingerprint density at radius 1 is 1.55 bits per heavy atom. The third-order valence-electron chi connectivity index (χ3n) is 2.20. The van der Waals surface area contributed by atoms with Gasteiger partial charge in [-0.3, -0.25) is 0 Å². The van der Waals surface area contributed by atoms with Crippen LogP contribution in [0.15, 0.2) is 0 Å². The maximum atomic E-state index is 12.9. The van der Waals surface area contributed by atoms with Crippen molar-refractivity contribution in [3.63, 3.8) is 0 Å². The summed E-state index contributed by atoms with van der Waals surface area (Å²) in [6.45, 7) is 3.36. The van der Waals surface area contributed by atoms with Crippen molar-refractivity contribution in [2.45, 2.75) is 36.9 Å². The smallest absolute Gasteiger partial charge is 0.286 e. The first-order valence-electron chi connectivity index (χ1n) is 3.71. The summed E-state index contributed by atoms with van der Waals surface area (Å²) in [7, 11) is 0. The van der Waals surface area contributed by atoms with Gasteiger partial charge in [0.25, 0.3) is 5.92 Å². The molecular weight excluding hydrogens is 170 g/mol. The van der Waals surface area contributed by atoms with E-state index in [0.29, 0.717) is 6.42 Å². The first-order chi connectivity index (χ1) is 5.00. The SMILES string of the molecule is CC[C@@H]1SC(O)C(F)(F)[C@@H]1C. The number of aliphatic hydroxyl groups excluding tert-OH is 1. The van der Waals surface area contributed by atoms with Gasteiger partial charge in [-0.05, 0) is 6.42 Å². The molecular formula is C7H12F2OS. The Balaban J connectivity index is 2.71. The minimum Gasteiger partial charge on any atom is -0.376 e. The molecule has 1 N–H and O–H groups in total. The van der Waals surface area contributed by atoms with Gasteiger partial charge in [-0.1, -0.05) is 13.8 Å². The highest BCUT2D eigenvalue weighted by Gasteiger charge is 2.54. The maximum Gasteiger partial charge on any atom is 0.286 e. The fourth-order valence-corrected chi connectivity index (χ4v) is 2.63. The summed E-state index contributed by atoms with van der Waals surface area (Å²) in [5.41, 5.74) is -1.50. The minimum absolute atomic E-state index is 0.0972. The molecule has 1 saturated heterocycles. The zero-order chi connectivity index (χ0) is 8.65. The van der Waals surface area contributed by atoms with Gasteiger partial charge in [0.2, 0.25) is 0 Å². The van der Waals surface area contributed by atoms with Crippen LogP contribution in [-0.4, -0.2) is 21.7 Å². The van der Waals surface area contributed by atoms with E-state index in [1.807, 2.05) is 6.92 Å². The van der Waals surface area contributed by atoms with Crippen molar-refractivity contribution < 1.29 is 13.9 Å². The average molecular weight is 182 g/mol. The molecule has 1 unspecified atom stereocenters. The predicted octanol–water partition coefficient (Wildman–Crippen LogP) is 2.10. The van der Waals surface area contributed by atoms with Crippen LogP contribution < -0.4 is 0 Å². The van der Waals surface area contributed by atoms with E-state index in [0.717, 1.165) is 11.8 Å². The summed E-state index contributed by atoms with van der Waals surface area (Å²) in [4.78, 5) is 0. The summed E-state index contributed by atoms with van der Waals surface area (Å²) in [6.07, 6.45) is 0.693. The molecule has 0 aromatic heterocycles. The topological polar surface area (TPSA) is 20.2 Å². The molecule has 1 fully saturated rings. The standard InChI is InChI=1S/C7H12F2OS/c1-3-5-4(2)7(8,9)6(10)11-5/h4-6,10H,3H2,1-2H3/t4-,5+,6?/m1/s1. The molecule has 1 heterocycles. The van der Waals surface area contributed by atoms with Crippen LogP contribution in [0.3, 0.4) is 0 Å². The van der Waals surface area contributed by atoms with E-state index >= 15 is 0 Å². The van der Waals surface area contributed by atoms with Gasteiger partial charge in [0.1, 0.15) is 0 Å². The maximum absolute atomic E-state index is 12.9. The molecule has 1 nitrogen and oxygen atoms in total. The molecule has 0 spiro atoms. The van der Waals surface area contributed by atoms with Gasteiger partial charge in [0.05, 0.1) is 0 Å². The van der Waals surface area contributed by atoms with E-state index in [1.165, 1.54) is 6.92 Å². The van der Waals surface area contributed by atoms with Gasteiger partial charge in [-0.15, -0.1) is 11.8 Å². The van der Waals surface area contributed by atoms with Crippen LogP contribution in [-0.2, 0) is 0 Å².